The van der Waals surface area contributed by atoms with Gasteiger partial charge in [-0.15, -0.1) is 0 Å². The fourth-order valence-corrected chi connectivity index (χ4v) is 5.50. The molecule has 0 spiro atoms. The molecule has 7 nitrogen and oxygen atoms in total. The van der Waals surface area contributed by atoms with Crippen LogP contribution in [0.25, 0.3) is 0 Å². The first kappa shape index (κ1) is 26.6. The predicted molar refractivity (Wildman–Crippen MR) is 138 cm³/mol. The minimum atomic E-state index is -0.377. The van der Waals surface area contributed by atoms with Gasteiger partial charge in [0.15, 0.2) is 5.82 Å². The SMILES string of the molecule is CC(C)c1noc(N2CCC(C3CC3CCOc3ccc(CC=O)c(F)c3)CC2)n1.CC1CN(C)C1. The van der Waals surface area contributed by atoms with Crippen LogP contribution < -0.4 is 9.64 Å². The molecule has 8 heteroatoms. The highest BCUT2D eigenvalue weighted by Gasteiger charge is 2.43. The Labute approximate surface area is 214 Å². The second kappa shape index (κ2) is 12.2. The number of carbonyl (C=O) groups excluding carboxylic acids is 1. The van der Waals surface area contributed by atoms with E-state index < -0.39 is 0 Å². The number of ether oxygens (including phenoxy) is 1. The van der Waals surface area contributed by atoms with Gasteiger partial charge in [-0.05, 0) is 68.0 Å². The van der Waals surface area contributed by atoms with Gasteiger partial charge in [-0.2, -0.15) is 4.98 Å². The highest BCUT2D eigenvalue weighted by molar-refractivity contribution is 5.55. The number of likely N-dealkylation sites (tertiary alicyclic amines) is 1. The van der Waals surface area contributed by atoms with E-state index in [1.165, 1.54) is 25.6 Å². The topological polar surface area (TPSA) is 71.7 Å². The number of hydrogen-bond donors (Lipinski definition) is 0. The average Bonchev–Trinajstić information content (AvgIpc) is 3.43. The Balaban J connectivity index is 0.000000445. The summed E-state index contributed by atoms with van der Waals surface area (Å²) in [6.45, 7) is 11.6. The second-order valence-corrected chi connectivity index (χ2v) is 11.2. The fraction of sp³-hybridized carbons (Fsp3) is 0.679. The molecule has 1 aliphatic carbocycles. The van der Waals surface area contributed by atoms with Crippen LogP contribution in [0.2, 0.25) is 0 Å². The van der Waals surface area contributed by atoms with Crippen molar-refractivity contribution in [2.24, 2.45) is 23.7 Å². The van der Waals surface area contributed by atoms with Crippen LogP contribution in [0, 0.1) is 29.5 Å². The molecule has 2 aliphatic heterocycles. The Morgan fingerprint density at radius 2 is 2.00 bits per heavy atom. The number of nitrogens with zero attached hydrogens (tertiary/aromatic N) is 4. The molecule has 3 fully saturated rings. The number of rotatable bonds is 9. The first-order valence-electron chi connectivity index (χ1n) is 13.5. The number of piperidine rings is 1. The van der Waals surface area contributed by atoms with E-state index in [1.807, 2.05) is 0 Å². The van der Waals surface area contributed by atoms with Gasteiger partial charge >= 0.3 is 6.01 Å². The molecule has 1 aromatic heterocycles. The number of halogens is 1. The number of hydrogen-bond acceptors (Lipinski definition) is 7. The van der Waals surface area contributed by atoms with Crippen molar-refractivity contribution in [3.05, 3.63) is 35.4 Å². The van der Waals surface area contributed by atoms with E-state index in [1.54, 1.807) is 12.1 Å². The highest BCUT2D eigenvalue weighted by atomic mass is 19.1. The Morgan fingerprint density at radius 1 is 1.25 bits per heavy atom. The number of aromatic nitrogens is 2. The van der Waals surface area contributed by atoms with Crippen LogP contribution in [0.3, 0.4) is 0 Å². The number of aldehydes is 1. The van der Waals surface area contributed by atoms with Crippen LogP contribution >= 0.6 is 0 Å². The molecule has 0 amide bonds. The largest absolute Gasteiger partial charge is 0.493 e. The van der Waals surface area contributed by atoms with Crippen molar-refractivity contribution < 1.29 is 18.4 Å². The minimum Gasteiger partial charge on any atom is -0.493 e. The van der Waals surface area contributed by atoms with Crippen molar-refractivity contribution >= 4 is 12.3 Å². The van der Waals surface area contributed by atoms with Crippen molar-refractivity contribution in [1.29, 1.82) is 0 Å². The summed E-state index contributed by atoms with van der Waals surface area (Å²) < 4.78 is 25.0. The summed E-state index contributed by atoms with van der Waals surface area (Å²) in [5.74, 6) is 4.40. The van der Waals surface area contributed by atoms with Gasteiger partial charge in [0, 0.05) is 44.6 Å². The average molecular weight is 501 g/mol. The number of anilines is 1. The Hall–Kier alpha value is -2.48. The lowest BCUT2D eigenvalue weighted by atomic mass is 9.90. The van der Waals surface area contributed by atoms with E-state index in [9.17, 15) is 9.18 Å². The maximum Gasteiger partial charge on any atom is 0.324 e. The zero-order chi connectivity index (χ0) is 25.7. The standard InChI is InChI=1S/C23H30FN3O3.C5H11N/c1-15(2)22-25-23(30-26-22)27-9-5-16(6-10-27)20-13-18(20)8-12-29-19-4-3-17(7-11-28)21(24)14-19;1-5-3-6(2)4-5/h3-4,11,14-16,18,20H,5-10,12-13H2,1-2H3;5H,3-4H2,1-2H3. The summed E-state index contributed by atoms with van der Waals surface area (Å²) in [6.07, 6.45) is 5.39. The Morgan fingerprint density at radius 3 is 2.56 bits per heavy atom. The lowest BCUT2D eigenvalue weighted by Crippen LogP contribution is -2.41. The molecule has 0 radical (unpaired) electrons. The summed E-state index contributed by atoms with van der Waals surface area (Å²) in [5, 5.41) is 4.07. The van der Waals surface area contributed by atoms with Gasteiger partial charge in [-0.1, -0.05) is 32.0 Å². The zero-order valence-corrected chi connectivity index (χ0v) is 22.2. The zero-order valence-electron chi connectivity index (χ0n) is 22.2. The second-order valence-electron chi connectivity index (χ2n) is 11.2. The summed E-state index contributed by atoms with van der Waals surface area (Å²) in [7, 11) is 2.15. The fourth-order valence-electron chi connectivity index (χ4n) is 5.50. The molecule has 2 saturated heterocycles. The van der Waals surface area contributed by atoms with E-state index >= 15 is 0 Å². The molecule has 36 heavy (non-hydrogen) atoms. The molecule has 198 valence electrons. The van der Waals surface area contributed by atoms with Crippen molar-refractivity contribution in [1.82, 2.24) is 15.0 Å². The first-order chi connectivity index (χ1) is 17.3. The van der Waals surface area contributed by atoms with Crippen LogP contribution in [0.1, 0.15) is 63.8 Å². The molecule has 2 atom stereocenters. The quantitative estimate of drug-likeness (QED) is 0.451. The van der Waals surface area contributed by atoms with E-state index in [2.05, 4.69) is 47.8 Å². The first-order valence-corrected chi connectivity index (χ1v) is 13.5. The molecule has 3 heterocycles. The van der Waals surface area contributed by atoms with Crippen LogP contribution in [0.4, 0.5) is 10.4 Å². The van der Waals surface area contributed by atoms with Crippen LogP contribution in [-0.4, -0.2) is 61.2 Å². The molecule has 1 saturated carbocycles. The number of benzene rings is 1. The smallest absolute Gasteiger partial charge is 0.324 e. The van der Waals surface area contributed by atoms with Gasteiger partial charge in [0.2, 0.25) is 0 Å². The van der Waals surface area contributed by atoms with E-state index in [-0.39, 0.29) is 18.2 Å². The minimum absolute atomic E-state index is 0.0973. The van der Waals surface area contributed by atoms with Gasteiger partial charge in [0.05, 0.1) is 6.61 Å². The molecule has 0 bridgehead atoms. The van der Waals surface area contributed by atoms with Gasteiger partial charge in [-0.3, -0.25) is 0 Å². The van der Waals surface area contributed by atoms with Gasteiger partial charge in [0.1, 0.15) is 17.9 Å². The maximum atomic E-state index is 13.9. The third kappa shape index (κ3) is 7.05. The van der Waals surface area contributed by atoms with Crippen LogP contribution in [-0.2, 0) is 11.2 Å². The molecule has 2 aromatic rings. The van der Waals surface area contributed by atoms with Crippen molar-refractivity contribution in [2.75, 3.05) is 44.7 Å². The van der Waals surface area contributed by atoms with Crippen LogP contribution in [0.15, 0.2) is 22.7 Å². The summed E-state index contributed by atoms with van der Waals surface area (Å²) >= 11 is 0. The molecule has 3 aliphatic rings. The number of carbonyl (C=O) groups is 1. The van der Waals surface area contributed by atoms with E-state index in [0.717, 1.165) is 55.9 Å². The predicted octanol–water partition coefficient (Wildman–Crippen LogP) is 4.96. The van der Waals surface area contributed by atoms with Crippen molar-refractivity contribution in [3.8, 4) is 5.75 Å². The van der Waals surface area contributed by atoms with Gasteiger partial charge < -0.3 is 23.9 Å². The Kier molecular flexibility index (Phi) is 8.99. The van der Waals surface area contributed by atoms with E-state index in [4.69, 9.17) is 9.26 Å². The van der Waals surface area contributed by atoms with Gasteiger partial charge in [-0.25, -0.2) is 4.39 Å². The normalized spacial score (nSPS) is 22.7. The Bertz CT molecular complexity index is 977. The molecule has 1 aromatic carbocycles. The highest BCUT2D eigenvalue weighted by Crippen LogP contribution is 2.50. The lowest BCUT2D eigenvalue weighted by Gasteiger charge is -2.33. The van der Waals surface area contributed by atoms with E-state index in [0.29, 0.717) is 36.1 Å². The van der Waals surface area contributed by atoms with Crippen molar-refractivity contribution in [2.45, 2.75) is 58.8 Å². The maximum absolute atomic E-state index is 13.9. The molecule has 2 unspecified atom stereocenters. The molecular weight excluding hydrogens is 459 g/mol. The summed E-state index contributed by atoms with van der Waals surface area (Å²) in [6, 6.07) is 5.40. The molecule has 0 N–H and O–H groups in total. The van der Waals surface area contributed by atoms with Gasteiger partial charge in [0.25, 0.3) is 0 Å². The molecular formula is C28H41FN4O3. The third-order valence-corrected chi connectivity index (χ3v) is 7.67. The third-order valence-electron chi connectivity index (χ3n) is 7.67. The lowest BCUT2D eigenvalue weighted by molar-refractivity contribution is -0.107. The summed E-state index contributed by atoms with van der Waals surface area (Å²) in [4.78, 5) is 19.6. The molecule has 5 rings (SSSR count). The van der Waals surface area contributed by atoms with Crippen LogP contribution in [0.5, 0.6) is 5.75 Å². The van der Waals surface area contributed by atoms with Crippen molar-refractivity contribution in [3.63, 3.8) is 0 Å². The summed E-state index contributed by atoms with van der Waals surface area (Å²) in [5.41, 5.74) is 0.409. The monoisotopic (exact) mass is 500 g/mol.